The second-order valence-corrected chi connectivity index (χ2v) is 15.1. The number of nitrogens with zero attached hydrogens (tertiary/aromatic N) is 2. The minimum atomic E-state index is -4.03. The van der Waals surface area contributed by atoms with Crippen molar-refractivity contribution < 1.29 is 32.2 Å². The first-order chi connectivity index (χ1) is 21.3. The van der Waals surface area contributed by atoms with Gasteiger partial charge in [0.05, 0.1) is 34.0 Å². The fourth-order valence-electron chi connectivity index (χ4n) is 5.67. The summed E-state index contributed by atoms with van der Waals surface area (Å²) in [6.45, 7) is 6.06. The zero-order chi connectivity index (χ0) is 32.4. The fraction of sp³-hybridized carbons (Fsp3) is 0.452. The molecule has 0 atom stereocenters. The van der Waals surface area contributed by atoms with E-state index in [2.05, 4.69) is 20.3 Å². The number of ether oxygens (including phenoxy) is 1. The summed E-state index contributed by atoms with van der Waals surface area (Å²) in [4.78, 5) is 31.4. The number of nitrogens with one attached hydrogen (secondary N) is 3. The first-order valence-corrected chi connectivity index (χ1v) is 17.1. The number of aromatic nitrogens is 1. The second-order valence-electron chi connectivity index (χ2n) is 12.4. The van der Waals surface area contributed by atoms with Crippen molar-refractivity contribution in [1.29, 1.82) is 0 Å². The number of amides is 3. The van der Waals surface area contributed by atoms with Crippen molar-refractivity contribution >= 4 is 39.2 Å². The molecular formula is C31H38FN5O6S2. The Bertz CT molecular complexity index is 1650. The molecule has 1 aliphatic carbocycles. The molecule has 3 amide bonds. The molecule has 2 fully saturated rings. The number of hydrogen-bond donors (Lipinski definition) is 4. The van der Waals surface area contributed by atoms with Crippen LogP contribution in [0.1, 0.15) is 62.9 Å². The Morgan fingerprint density at radius 2 is 1.80 bits per heavy atom. The Balaban J connectivity index is 1.33. The Morgan fingerprint density at radius 3 is 2.42 bits per heavy atom. The van der Waals surface area contributed by atoms with Gasteiger partial charge in [-0.2, -0.15) is 0 Å². The van der Waals surface area contributed by atoms with E-state index < -0.39 is 33.5 Å². The Hall–Kier alpha value is -3.59. The fourth-order valence-corrected chi connectivity index (χ4v) is 8.53. The summed E-state index contributed by atoms with van der Waals surface area (Å²) in [5.41, 5.74) is 0.261. The van der Waals surface area contributed by atoms with Crippen LogP contribution in [0.4, 0.5) is 19.7 Å². The molecule has 5 rings (SSSR count). The molecule has 0 spiro atoms. The standard InChI is InChI=1S/C31H38FN5O6S2/c1-31(2,3)36-45(41,42)27-14-21(35-29(38)34-15-20-6-4-5-7-25(20)32)10-13-24(27)26-16-33-28(44-26)19-8-11-22(12-9-19)37(30(39)40)23-17-43-18-23/h4-7,10,13-14,16,19,22-23,36H,8-9,11-12,15,17-18H2,1-3H3,(H,39,40)(H2,34,35,38)/t19-,22-. The van der Waals surface area contributed by atoms with E-state index >= 15 is 0 Å². The van der Waals surface area contributed by atoms with Crippen LogP contribution in [0.5, 0.6) is 0 Å². The lowest BCUT2D eigenvalue weighted by Crippen LogP contribution is -2.56. The second kappa shape index (κ2) is 13.4. The zero-order valence-corrected chi connectivity index (χ0v) is 27.0. The van der Waals surface area contributed by atoms with Crippen LogP contribution < -0.4 is 15.4 Å². The van der Waals surface area contributed by atoms with Crippen LogP contribution in [0.15, 0.2) is 53.6 Å². The number of hydrogen-bond acceptors (Lipinski definition) is 7. The lowest BCUT2D eigenvalue weighted by molar-refractivity contribution is -0.0728. The monoisotopic (exact) mass is 659 g/mol. The van der Waals surface area contributed by atoms with E-state index in [1.165, 1.54) is 23.5 Å². The summed E-state index contributed by atoms with van der Waals surface area (Å²) in [5.74, 6) is -0.299. The summed E-state index contributed by atoms with van der Waals surface area (Å²) in [5, 5.41) is 15.9. The molecule has 11 nitrogen and oxygen atoms in total. The predicted molar refractivity (Wildman–Crippen MR) is 169 cm³/mol. The van der Waals surface area contributed by atoms with Gasteiger partial charge >= 0.3 is 12.1 Å². The van der Waals surface area contributed by atoms with E-state index in [0.717, 1.165) is 30.7 Å². The van der Waals surface area contributed by atoms with Crippen LogP contribution in [0.3, 0.4) is 0 Å². The third kappa shape index (κ3) is 7.98. The van der Waals surface area contributed by atoms with Gasteiger partial charge in [0.2, 0.25) is 10.0 Å². The smallest absolute Gasteiger partial charge is 0.407 e. The number of halogens is 1. The maximum atomic E-state index is 14.0. The number of anilines is 1. The molecule has 2 aromatic carbocycles. The minimum absolute atomic E-state index is 0.0111. The quantitative estimate of drug-likeness (QED) is 0.228. The highest BCUT2D eigenvalue weighted by molar-refractivity contribution is 7.89. The third-order valence-corrected chi connectivity index (χ3v) is 10.8. The average molecular weight is 660 g/mol. The maximum absolute atomic E-state index is 14.0. The molecule has 45 heavy (non-hydrogen) atoms. The molecular weight excluding hydrogens is 622 g/mol. The highest BCUT2D eigenvalue weighted by atomic mass is 32.2. The van der Waals surface area contributed by atoms with Crippen molar-refractivity contribution in [3.05, 3.63) is 65.0 Å². The van der Waals surface area contributed by atoms with Gasteiger partial charge in [-0.1, -0.05) is 24.3 Å². The van der Waals surface area contributed by atoms with E-state index in [1.807, 2.05) is 0 Å². The van der Waals surface area contributed by atoms with Crippen LogP contribution in [0, 0.1) is 5.82 Å². The normalized spacial score (nSPS) is 19.0. The lowest BCUT2D eigenvalue weighted by Gasteiger charge is -2.42. The number of carbonyl (C=O) groups excluding carboxylic acids is 1. The van der Waals surface area contributed by atoms with Gasteiger partial charge in [-0.05, 0) is 64.7 Å². The van der Waals surface area contributed by atoms with Gasteiger partial charge in [0, 0.05) is 47.1 Å². The van der Waals surface area contributed by atoms with Crippen molar-refractivity contribution in [2.24, 2.45) is 0 Å². The highest BCUT2D eigenvalue weighted by Crippen LogP contribution is 2.41. The van der Waals surface area contributed by atoms with Crippen molar-refractivity contribution in [2.45, 2.75) is 81.4 Å². The molecule has 242 valence electrons. The molecule has 2 heterocycles. The zero-order valence-electron chi connectivity index (χ0n) is 25.4. The number of thiazole rings is 1. The highest BCUT2D eigenvalue weighted by Gasteiger charge is 2.38. The summed E-state index contributed by atoms with van der Waals surface area (Å²) in [6, 6.07) is 10.0. The van der Waals surface area contributed by atoms with E-state index in [-0.39, 0.29) is 35.1 Å². The van der Waals surface area contributed by atoms with Crippen LogP contribution >= 0.6 is 11.3 Å². The molecule has 1 aromatic heterocycles. The van der Waals surface area contributed by atoms with Crippen molar-refractivity contribution in [3.8, 4) is 10.4 Å². The lowest BCUT2D eigenvalue weighted by atomic mass is 9.85. The first-order valence-electron chi connectivity index (χ1n) is 14.8. The van der Waals surface area contributed by atoms with E-state index in [0.29, 0.717) is 29.2 Å². The molecule has 0 unspecified atom stereocenters. The molecule has 0 bridgehead atoms. The Labute approximate surface area is 266 Å². The molecule has 14 heteroatoms. The third-order valence-electron chi connectivity index (χ3n) is 7.83. The molecule has 2 aliphatic rings. The number of rotatable bonds is 9. The number of sulfonamides is 1. The number of carboxylic acid groups (broad SMARTS) is 1. The number of benzene rings is 2. The van der Waals surface area contributed by atoms with Crippen molar-refractivity contribution in [1.82, 2.24) is 19.9 Å². The van der Waals surface area contributed by atoms with Crippen LogP contribution in [-0.2, 0) is 21.3 Å². The molecule has 1 saturated carbocycles. The Kier molecular flexibility index (Phi) is 9.77. The van der Waals surface area contributed by atoms with Crippen LogP contribution in [-0.4, -0.2) is 66.4 Å². The van der Waals surface area contributed by atoms with Gasteiger partial charge in [0.15, 0.2) is 0 Å². The molecule has 3 aromatic rings. The van der Waals surface area contributed by atoms with Gasteiger partial charge < -0.3 is 20.5 Å². The summed E-state index contributed by atoms with van der Waals surface area (Å²) < 4.78 is 49.1. The largest absolute Gasteiger partial charge is 0.465 e. The van der Waals surface area contributed by atoms with Crippen LogP contribution in [0.2, 0.25) is 0 Å². The van der Waals surface area contributed by atoms with Gasteiger partial charge in [-0.3, -0.25) is 4.90 Å². The molecule has 4 N–H and O–H groups in total. The first kappa shape index (κ1) is 32.8. The minimum Gasteiger partial charge on any atom is -0.465 e. The molecule has 1 saturated heterocycles. The van der Waals surface area contributed by atoms with Gasteiger partial charge in [0.25, 0.3) is 0 Å². The number of urea groups is 1. The Morgan fingerprint density at radius 1 is 1.09 bits per heavy atom. The van der Waals surface area contributed by atoms with Gasteiger partial charge in [-0.15, -0.1) is 11.3 Å². The molecule has 0 radical (unpaired) electrons. The molecule has 1 aliphatic heterocycles. The maximum Gasteiger partial charge on any atom is 0.407 e. The summed E-state index contributed by atoms with van der Waals surface area (Å²) in [6.07, 6.45) is 3.74. The van der Waals surface area contributed by atoms with Crippen molar-refractivity contribution in [2.75, 3.05) is 18.5 Å². The predicted octanol–water partition coefficient (Wildman–Crippen LogP) is 5.75. The number of carbonyl (C=O) groups is 2. The topological polar surface area (TPSA) is 150 Å². The van der Waals surface area contributed by atoms with E-state index in [4.69, 9.17) is 4.74 Å². The van der Waals surface area contributed by atoms with Crippen LogP contribution in [0.25, 0.3) is 10.4 Å². The van der Waals surface area contributed by atoms with E-state index in [9.17, 15) is 27.5 Å². The summed E-state index contributed by atoms with van der Waals surface area (Å²) in [7, 11) is -4.03. The van der Waals surface area contributed by atoms with E-state index in [1.54, 1.807) is 62.2 Å². The van der Waals surface area contributed by atoms with Gasteiger partial charge in [-0.25, -0.2) is 32.1 Å². The average Bonchev–Trinajstić information content (AvgIpc) is 3.43. The van der Waals surface area contributed by atoms with Gasteiger partial charge in [0.1, 0.15) is 5.82 Å². The SMILES string of the molecule is CC(C)(C)NS(=O)(=O)c1cc(NC(=O)NCc2ccccc2F)ccc1-c1cnc([C@H]2CC[C@H](N(C(=O)O)C3COC3)CC2)s1. The van der Waals surface area contributed by atoms with Crippen molar-refractivity contribution in [3.63, 3.8) is 0 Å². The summed E-state index contributed by atoms with van der Waals surface area (Å²) >= 11 is 1.42.